The lowest BCUT2D eigenvalue weighted by atomic mass is 9.90. The summed E-state index contributed by atoms with van der Waals surface area (Å²) in [5, 5.41) is 5.65. The molecule has 0 bridgehead atoms. The summed E-state index contributed by atoms with van der Waals surface area (Å²) in [7, 11) is 0. The van der Waals surface area contributed by atoms with Crippen LogP contribution in [0.5, 0.6) is 0 Å². The summed E-state index contributed by atoms with van der Waals surface area (Å²) in [5.74, 6) is -0.420. The molecule has 0 unspecified atom stereocenters. The standard InChI is InChI=1S/C21H22N2OS/c1-21(2,3)17-14-25-20(22-17)23-19(24)18(15-10-6-4-7-11-15)16-12-8-5-9-13-16/h4-14,18H,1-3H3,(H,22,23,24). The largest absolute Gasteiger partial charge is 0.301 e. The molecular formula is C21H22N2OS. The fourth-order valence-corrected chi connectivity index (χ4v) is 3.58. The fraction of sp³-hybridized carbons (Fsp3) is 0.238. The molecule has 3 rings (SSSR count). The highest BCUT2D eigenvalue weighted by Crippen LogP contribution is 2.29. The van der Waals surface area contributed by atoms with Gasteiger partial charge in [0.15, 0.2) is 5.13 Å². The van der Waals surface area contributed by atoms with Crippen LogP contribution >= 0.6 is 11.3 Å². The first-order chi connectivity index (χ1) is 11.9. The van der Waals surface area contributed by atoms with Crippen LogP contribution in [-0.2, 0) is 10.2 Å². The van der Waals surface area contributed by atoms with E-state index in [1.54, 1.807) is 0 Å². The first-order valence-electron chi connectivity index (χ1n) is 8.32. The Morgan fingerprint density at radius 3 is 1.92 bits per heavy atom. The summed E-state index contributed by atoms with van der Waals surface area (Å²) in [5.41, 5.74) is 2.90. The van der Waals surface area contributed by atoms with E-state index in [-0.39, 0.29) is 17.2 Å². The van der Waals surface area contributed by atoms with Gasteiger partial charge in [0.05, 0.1) is 11.6 Å². The highest BCUT2D eigenvalue weighted by atomic mass is 32.1. The summed E-state index contributed by atoms with van der Waals surface area (Å²) in [6, 6.07) is 19.7. The fourth-order valence-electron chi connectivity index (χ4n) is 2.64. The maximum atomic E-state index is 13.0. The number of carbonyl (C=O) groups excluding carboxylic acids is 1. The molecule has 0 atom stereocenters. The van der Waals surface area contributed by atoms with E-state index in [2.05, 4.69) is 31.1 Å². The van der Waals surface area contributed by atoms with Gasteiger partial charge in [-0.15, -0.1) is 11.3 Å². The molecule has 1 amide bonds. The van der Waals surface area contributed by atoms with E-state index < -0.39 is 0 Å². The highest BCUT2D eigenvalue weighted by Gasteiger charge is 2.24. The van der Waals surface area contributed by atoms with Crippen LogP contribution in [0.3, 0.4) is 0 Å². The maximum absolute atomic E-state index is 13.0. The number of nitrogens with one attached hydrogen (secondary N) is 1. The third-order valence-corrected chi connectivity index (χ3v) is 4.79. The number of carbonyl (C=O) groups is 1. The molecule has 0 aliphatic rings. The Morgan fingerprint density at radius 1 is 0.960 bits per heavy atom. The minimum atomic E-state index is -0.357. The molecule has 4 heteroatoms. The number of anilines is 1. The molecule has 0 saturated heterocycles. The van der Waals surface area contributed by atoms with Gasteiger partial charge in [0.1, 0.15) is 0 Å². The normalized spacial score (nSPS) is 11.5. The van der Waals surface area contributed by atoms with Gasteiger partial charge in [-0.1, -0.05) is 81.4 Å². The number of amides is 1. The Bertz CT molecular complexity index is 796. The molecule has 0 aliphatic carbocycles. The number of hydrogen-bond donors (Lipinski definition) is 1. The quantitative estimate of drug-likeness (QED) is 0.702. The van der Waals surface area contributed by atoms with Crippen molar-refractivity contribution in [3.05, 3.63) is 82.9 Å². The molecule has 0 radical (unpaired) electrons. The smallest absolute Gasteiger partial charge is 0.238 e. The molecule has 1 aromatic heterocycles. The number of nitrogens with zero attached hydrogens (tertiary/aromatic N) is 1. The Balaban J connectivity index is 1.89. The van der Waals surface area contributed by atoms with Crippen molar-refractivity contribution in [3.8, 4) is 0 Å². The number of hydrogen-bond acceptors (Lipinski definition) is 3. The minimum Gasteiger partial charge on any atom is -0.301 e. The molecule has 0 spiro atoms. The summed E-state index contributed by atoms with van der Waals surface area (Å²) < 4.78 is 0. The summed E-state index contributed by atoms with van der Waals surface area (Å²) in [4.78, 5) is 17.6. The van der Waals surface area contributed by atoms with Gasteiger partial charge in [-0.2, -0.15) is 0 Å². The van der Waals surface area contributed by atoms with Crippen molar-refractivity contribution in [2.45, 2.75) is 32.1 Å². The first-order valence-corrected chi connectivity index (χ1v) is 9.20. The molecule has 0 aliphatic heterocycles. The van der Waals surface area contributed by atoms with Crippen LogP contribution in [-0.4, -0.2) is 10.9 Å². The molecule has 3 nitrogen and oxygen atoms in total. The molecule has 1 N–H and O–H groups in total. The predicted octanol–water partition coefficient (Wildman–Crippen LogP) is 5.21. The van der Waals surface area contributed by atoms with E-state index in [0.717, 1.165) is 16.8 Å². The van der Waals surface area contributed by atoms with Crippen LogP contribution in [0, 0.1) is 0 Å². The van der Waals surface area contributed by atoms with Crippen molar-refractivity contribution in [1.29, 1.82) is 0 Å². The molecular weight excluding hydrogens is 328 g/mol. The van der Waals surface area contributed by atoms with Gasteiger partial charge in [0.25, 0.3) is 0 Å². The van der Waals surface area contributed by atoms with Crippen molar-refractivity contribution in [3.63, 3.8) is 0 Å². The maximum Gasteiger partial charge on any atom is 0.238 e. The zero-order valence-electron chi connectivity index (χ0n) is 14.7. The average Bonchev–Trinajstić information content (AvgIpc) is 3.06. The number of thiazole rings is 1. The van der Waals surface area contributed by atoms with Gasteiger partial charge >= 0.3 is 0 Å². The van der Waals surface area contributed by atoms with Crippen LogP contribution in [0.25, 0.3) is 0 Å². The van der Waals surface area contributed by atoms with Crippen LogP contribution < -0.4 is 5.32 Å². The van der Waals surface area contributed by atoms with Crippen LogP contribution in [0.15, 0.2) is 66.0 Å². The van der Waals surface area contributed by atoms with Gasteiger partial charge in [0.2, 0.25) is 5.91 Å². The minimum absolute atomic E-state index is 0.0300. The molecule has 128 valence electrons. The Labute approximate surface area is 152 Å². The van der Waals surface area contributed by atoms with Crippen LogP contribution in [0.1, 0.15) is 43.5 Å². The first kappa shape index (κ1) is 17.4. The lowest BCUT2D eigenvalue weighted by molar-refractivity contribution is -0.116. The monoisotopic (exact) mass is 350 g/mol. The third-order valence-electron chi connectivity index (χ3n) is 4.03. The number of rotatable bonds is 4. The van der Waals surface area contributed by atoms with E-state index in [9.17, 15) is 4.79 Å². The van der Waals surface area contributed by atoms with Crippen molar-refractivity contribution in [2.75, 3.05) is 5.32 Å². The van der Waals surface area contributed by atoms with Crippen molar-refractivity contribution in [2.24, 2.45) is 0 Å². The summed E-state index contributed by atoms with van der Waals surface area (Å²) >= 11 is 1.47. The van der Waals surface area contributed by atoms with Gasteiger partial charge in [-0.05, 0) is 11.1 Å². The zero-order valence-corrected chi connectivity index (χ0v) is 15.5. The summed E-state index contributed by atoms with van der Waals surface area (Å²) in [6.45, 7) is 6.35. The molecule has 25 heavy (non-hydrogen) atoms. The molecule has 1 heterocycles. The topological polar surface area (TPSA) is 42.0 Å². The Kier molecular flexibility index (Phi) is 5.00. The Morgan fingerprint density at radius 2 is 1.48 bits per heavy atom. The van der Waals surface area contributed by atoms with E-state index in [1.165, 1.54) is 11.3 Å². The predicted molar refractivity (Wildman–Crippen MR) is 104 cm³/mol. The van der Waals surface area contributed by atoms with Gasteiger partial charge in [-0.25, -0.2) is 4.98 Å². The average molecular weight is 350 g/mol. The molecule has 0 saturated carbocycles. The van der Waals surface area contributed by atoms with Gasteiger partial charge in [-0.3, -0.25) is 4.79 Å². The lowest BCUT2D eigenvalue weighted by Crippen LogP contribution is -2.22. The highest BCUT2D eigenvalue weighted by molar-refractivity contribution is 7.14. The van der Waals surface area contributed by atoms with Crippen molar-refractivity contribution < 1.29 is 4.79 Å². The zero-order chi connectivity index (χ0) is 17.9. The second-order valence-electron chi connectivity index (χ2n) is 7.03. The van der Waals surface area contributed by atoms with Crippen LogP contribution in [0.4, 0.5) is 5.13 Å². The van der Waals surface area contributed by atoms with E-state index in [0.29, 0.717) is 5.13 Å². The Hall–Kier alpha value is -2.46. The van der Waals surface area contributed by atoms with E-state index in [4.69, 9.17) is 0 Å². The van der Waals surface area contributed by atoms with Crippen LogP contribution in [0.2, 0.25) is 0 Å². The van der Waals surface area contributed by atoms with Crippen molar-refractivity contribution >= 4 is 22.4 Å². The number of benzene rings is 2. The molecule has 3 aromatic rings. The number of aromatic nitrogens is 1. The van der Waals surface area contributed by atoms with E-state index >= 15 is 0 Å². The lowest BCUT2D eigenvalue weighted by Gasteiger charge is -2.17. The second-order valence-corrected chi connectivity index (χ2v) is 7.89. The third kappa shape index (κ3) is 4.15. The second kappa shape index (κ2) is 7.19. The van der Waals surface area contributed by atoms with Gasteiger partial charge < -0.3 is 5.32 Å². The van der Waals surface area contributed by atoms with Crippen molar-refractivity contribution in [1.82, 2.24) is 4.98 Å². The molecule has 2 aromatic carbocycles. The SMILES string of the molecule is CC(C)(C)c1csc(NC(=O)C(c2ccccc2)c2ccccc2)n1. The summed E-state index contributed by atoms with van der Waals surface area (Å²) in [6.07, 6.45) is 0. The molecule has 0 fully saturated rings. The van der Waals surface area contributed by atoms with Gasteiger partial charge in [0, 0.05) is 10.8 Å². The van der Waals surface area contributed by atoms with E-state index in [1.807, 2.05) is 66.0 Å².